The summed E-state index contributed by atoms with van der Waals surface area (Å²) in [4.78, 5) is 13.4. The molecular weight excluding hydrogens is 328 g/mol. The van der Waals surface area contributed by atoms with E-state index in [1.54, 1.807) is 0 Å². The van der Waals surface area contributed by atoms with Gasteiger partial charge in [-0.25, -0.2) is 8.42 Å². The Morgan fingerprint density at radius 1 is 1.43 bits per heavy atom. The van der Waals surface area contributed by atoms with Crippen molar-refractivity contribution in [3.05, 3.63) is 4.88 Å². The molecule has 118 valence electrons. The van der Waals surface area contributed by atoms with Gasteiger partial charge in [-0.3, -0.25) is 4.79 Å². The summed E-state index contributed by atoms with van der Waals surface area (Å²) >= 11 is 2.89. The Balaban J connectivity index is 2.18. The standard InChI is InChI=1S/C13H20N2O3S3/c1-3-9(16)11-10(14)12(19-2)13(20-11)15-8-4-6-21(17,18)7-5-8/h8,15H,3-7,14H2,1-2H3. The van der Waals surface area contributed by atoms with Crippen LogP contribution in [0.4, 0.5) is 10.7 Å². The molecule has 0 saturated carbocycles. The van der Waals surface area contributed by atoms with Gasteiger partial charge in [0.05, 0.1) is 27.0 Å². The zero-order chi connectivity index (χ0) is 15.6. The van der Waals surface area contributed by atoms with E-state index < -0.39 is 9.84 Å². The van der Waals surface area contributed by atoms with Crippen LogP contribution in [0, 0.1) is 0 Å². The van der Waals surface area contributed by atoms with E-state index in [1.165, 1.54) is 23.1 Å². The van der Waals surface area contributed by atoms with E-state index >= 15 is 0 Å². The second-order valence-corrected chi connectivity index (χ2v) is 9.20. The van der Waals surface area contributed by atoms with E-state index in [0.717, 1.165) is 9.90 Å². The van der Waals surface area contributed by atoms with Gasteiger partial charge in [-0.2, -0.15) is 0 Å². The number of hydrogen-bond acceptors (Lipinski definition) is 7. The maximum atomic E-state index is 11.9. The average Bonchev–Trinajstić information content (AvgIpc) is 2.76. The van der Waals surface area contributed by atoms with E-state index in [9.17, 15) is 13.2 Å². The van der Waals surface area contributed by atoms with Crippen molar-refractivity contribution in [1.82, 2.24) is 0 Å². The van der Waals surface area contributed by atoms with Crippen LogP contribution >= 0.6 is 23.1 Å². The molecular formula is C13H20N2O3S3. The van der Waals surface area contributed by atoms with E-state index in [4.69, 9.17) is 5.73 Å². The van der Waals surface area contributed by atoms with Crippen molar-refractivity contribution in [3.8, 4) is 0 Å². The van der Waals surface area contributed by atoms with Crippen LogP contribution in [0.3, 0.4) is 0 Å². The van der Waals surface area contributed by atoms with Gasteiger partial charge >= 0.3 is 0 Å². The minimum absolute atomic E-state index is 0.0482. The highest BCUT2D eigenvalue weighted by atomic mass is 32.2. The molecule has 21 heavy (non-hydrogen) atoms. The fourth-order valence-corrected chi connectivity index (χ4v) is 5.91. The molecule has 8 heteroatoms. The maximum Gasteiger partial charge on any atom is 0.174 e. The molecule has 0 spiro atoms. The lowest BCUT2D eigenvalue weighted by atomic mass is 10.1. The lowest BCUT2D eigenvalue weighted by Crippen LogP contribution is -2.31. The van der Waals surface area contributed by atoms with Crippen molar-refractivity contribution in [2.75, 3.05) is 28.8 Å². The number of nitrogens with one attached hydrogen (secondary N) is 1. The van der Waals surface area contributed by atoms with Crippen LogP contribution in [0.5, 0.6) is 0 Å². The third-order valence-electron chi connectivity index (χ3n) is 3.57. The highest BCUT2D eigenvalue weighted by molar-refractivity contribution is 7.99. The van der Waals surface area contributed by atoms with Crippen LogP contribution in [-0.2, 0) is 9.84 Å². The van der Waals surface area contributed by atoms with E-state index in [-0.39, 0.29) is 23.3 Å². The first-order chi connectivity index (χ1) is 9.88. The number of nitrogens with two attached hydrogens (primary N) is 1. The molecule has 3 N–H and O–H groups in total. The molecule has 0 amide bonds. The molecule has 1 aromatic rings. The molecule has 1 aliphatic rings. The summed E-state index contributed by atoms with van der Waals surface area (Å²) in [7, 11) is -2.86. The minimum Gasteiger partial charge on any atom is -0.396 e. The minimum atomic E-state index is -2.86. The van der Waals surface area contributed by atoms with Crippen LogP contribution in [0.2, 0.25) is 0 Å². The van der Waals surface area contributed by atoms with Crippen LogP contribution in [0.25, 0.3) is 0 Å². The highest BCUT2D eigenvalue weighted by Gasteiger charge is 2.26. The summed E-state index contributed by atoms with van der Waals surface area (Å²) in [5.41, 5.74) is 6.62. The van der Waals surface area contributed by atoms with Crippen molar-refractivity contribution in [1.29, 1.82) is 0 Å². The molecule has 1 fully saturated rings. The molecule has 0 atom stereocenters. The highest BCUT2D eigenvalue weighted by Crippen LogP contribution is 2.42. The molecule has 0 unspecified atom stereocenters. The van der Waals surface area contributed by atoms with E-state index in [2.05, 4.69) is 5.32 Å². The first kappa shape index (κ1) is 16.6. The number of thiophene rings is 1. The number of ketones is 1. The summed E-state index contributed by atoms with van der Waals surface area (Å²) < 4.78 is 22.9. The molecule has 1 aromatic heterocycles. The van der Waals surface area contributed by atoms with E-state index in [0.29, 0.717) is 29.8 Å². The first-order valence-corrected chi connectivity index (χ1v) is 10.7. The van der Waals surface area contributed by atoms with E-state index in [1.807, 2.05) is 13.2 Å². The fraction of sp³-hybridized carbons (Fsp3) is 0.615. The van der Waals surface area contributed by atoms with Crippen molar-refractivity contribution >= 4 is 49.4 Å². The Hall–Kier alpha value is -0.730. The lowest BCUT2D eigenvalue weighted by Gasteiger charge is -2.23. The quantitative estimate of drug-likeness (QED) is 0.628. The lowest BCUT2D eigenvalue weighted by molar-refractivity contribution is 0.0992. The van der Waals surface area contributed by atoms with Gasteiger partial charge in [0.2, 0.25) is 0 Å². The van der Waals surface area contributed by atoms with Gasteiger partial charge in [-0.1, -0.05) is 6.92 Å². The predicted octanol–water partition coefficient (Wildman–Crippen LogP) is 2.63. The number of carbonyl (C=O) groups is 1. The zero-order valence-electron chi connectivity index (χ0n) is 12.1. The Morgan fingerprint density at radius 3 is 2.57 bits per heavy atom. The average molecular weight is 349 g/mol. The number of thioether (sulfide) groups is 1. The Bertz CT molecular complexity index is 623. The Kier molecular flexibility index (Phi) is 5.21. The molecule has 0 radical (unpaired) electrons. The first-order valence-electron chi connectivity index (χ1n) is 6.84. The van der Waals surface area contributed by atoms with Crippen LogP contribution in [0.1, 0.15) is 35.9 Å². The van der Waals surface area contributed by atoms with Gasteiger partial charge in [0.1, 0.15) is 14.8 Å². The number of hydrogen-bond donors (Lipinski definition) is 2. The molecule has 0 aliphatic carbocycles. The van der Waals surface area contributed by atoms with Crippen molar-refractivity contribution in [2.45, 2.75) is 37.1 Å². The summed E-state index contributed by atoms with van der Waals surface area (Å²) in [5.74, 6) is 0.494. The number of sulfone groups is 1. The molecule has 2 rings (SSSR count). The smallest absolute Gasteiger partial charge is 0.174 e. The molecule has 5 nitrogen and oxygen atoms in total. The number of rotatable bonds is 5. The molecule has 0 aromatic carbocycles. The van der Waals surface area contributed by atoms with Crippen molar-refractivity contribution in [3.63, 3.8) is 0 Å². The predicted molar refractivity (Wildman–Crippen MR) is 90.4 cm³/mol. The topological polar surface area (TPSA) is 89.3 Å². The van der Waals surface area contributed by atoms with Gasteiger partial charge < -0.3 is 11.1 Å². The Morgan fingerprint density at radius 2 is 2.05 bits per heavy atom. The van der Waals surface area contributed by atoms with Crippen molar-refractivity contribution < 1.29 is 13.2 Å². The monoisotopic (exact) mass is 348 g/mol. The summed E-state index contributed by atoms with van der Waals surface area (Å²) in [6, 6.07) is 0.127. The number of anilines is 2. The van der Waals surface area contributed by atoms with Crippen molar-refractivity contribution in [2.24, 2.45) is 0 Å². The van der Waals surface area contributed by atoms with Gasteiger partial charge in [0.25, 0.3) is 0 Å². The Labute approximate surface area is 133 Å². The summed E-state index contributed by atoms with van der Waals surface area (Å²) in [6.07, 6.45) is 3.56. The second-order valence-electron chi connectivity index (χ2n) is 5.05. The molecule has 2 heterocycles. The largest absolute Gasteiger partial charge is 0.396 e. The normalized spacial score (nSPS) is 18.6. The second kappa shape index (κ2) is 6.58. The van der Waals surface area contributed by atoms with Gasteiger partial charge in [-0.05, 0) is 19.1 Å². The fourth-order valence-electron chi connectivity index (χ4n) is 2.31. The summed E-state index contributed by atoms with van der Waals surface area (Å²) in [6.45, 7) is 1.82. The summed E-state index contributed by atoms with van der Waals surface area (Å²) in [5, 5.41) is 4.27. The SMILES string of the molecule is CCC(=O)c1sc(NC2CCS(=O)(=O)CC2)c(SC)c1N. The number of Topliss-reactive ketones (excluding diaryl/α,β-unsaturated/α-hetero) is 1. The number of nitrogen functional groups attached to an aromatic ring is 1. The molecule has 0 bridgehead atoms. The van der Waals surface area contributed by atoms with Crippen LogP contribution < -0.4 is 11.1 Å². The van der Waals surface area contributed by atoms with Crippen LogP contribution in [-0.4, -0.2) is 38.0 Å². The van der Waals surface area contributed by atoms with Gasteiger partial charge in [0, 0.05) is 12.5 Å². The molecule has 1 saturated heterocycles. The van der Waals surface area contributed by atoms with Gasteiger partial charge in [0.15, 0.2) is 5.78 Å². The third-order valence-corrected chi connectivity index (χ3v) is 7.42. The maximum absolute atomic E-state index is 11.9. The molecule has 1 aliphatic heterocycles. The van der Waals surface area contributed by atoms with Gasteiger partial charge in [-0.15, -0.1) is 23.1 Å². The number of carbonyl (C=O) groups excluding carboxylic acids is 1. The zero-order valence-corrected chi connectivity index (χ0v) is 14.6. The third kappa shape index (κ3) is 3.73. The van der Waals surface area contributed by atoms with Crippen LogP contribution in [0.15, 0.2) is 4.90 Å².